The van der Waals surface area contributed by atoms with Crippen molar-refractivity contribution in [1.82, 2.24) is 0 Å². The highest BCUT2D eigenvalue weighted by Crippen LogP contribution is 2.47. The maximum absolute atomic E-state index is 11.8. The Balaban J connectivity index is 2.31. The predicted octanol–water partition coefficient (Wildman–Crippen LogP) is 3.89. The molecular weight excluding hydrogens is 231 g/mol. The van der Waals surface area contributed by atoms with Gasteiger partial charge >= 0.3 is 0 Å². The topological polar surface area (TPSA) is 17.1 Å². The molecule has 0 spiro atoms. The van der Waals surface area contributed by atoms with Gasteiger partial charge in [0.1, 0.15) is 0 Å². The van der Waals surface area contributed by atoms with Crippen LogP contribution >= 0.6 is 23.2 Å². The molecule has 0 aromatic heterocycles. The fraction of sp³-hybridized carbons (Fsp3) is 0.750. The van der Waals surface area contributed by atoms with Crippen LogP contribution in [0, 0.1) is 11.8 Å². The van der Waals surface area contributed by atoms with Crippen LogP contribution in [0.25, 0.3) is 0 Å². The zero-order chi connectivity index (χ0) is 11.1. The molecule has 3 heteroatoms. The molecule has 2 atom stereocenters. The molecule has 2 unspecified atom stereocenters. The molecule has 84 valence electrons. The van der Waals surface area contributed by atoms with E-state index in [-0.39, 0.29) is 11.7 Å². The van der Waals surface area contributed by atoms with Crippen LogP contribution in [-0.2, 0) is 4.79 Å². The van der Waals surface area contributed by atoms with Crippen molar-refractivity contribution < 1.29 is 4.79 Å². The maximum atomic E-state index is 11.8. The standard InChI is InChI=1S/C12H16Cl2O/c1-8-5-6-9-3-2-4-11(15)12(13,14)10(9)7-8/h3,8,10H,2,4-7H2,1H3. The van der Waals surface area contributed by atoms with Crippen LogP contribution in [0.5, 0.6) is 0 Å². The fourth-order valence-corrected chi connectivity index (χ4v) is 3.28. The first-order valence-corrected chi connectivity index (χ1v) is 6.37. The van der Waals surface area contributed by atoms with Gasteiger partial charge in [0.05, 0.1) is 0 Å². The zero-order valence-electron chi connectivity index (χ0n) is 8.93. The van der Waals surface area contributed by atoms with Crippen LogP contribution in [-0.4, -0.2) is 10.1 Å². The van der Waals surface area contributed by atoms with Crippen molar-refractivity contribution in [3.63, 3.8) is 0 Å². The quantitative estimate of drug-likeness (QED) is 0.469. The molecule has 1 nitrogen and oxygen atoms in total. The molecule has 0 saturated heterocycles. The summed E-state index contributed by atoms with van der Waals surface area (Å²) in [4.78, 5) is 11.8. The van der Waals surface area contributed by atoms with Crippen molar-refractivity contribution in [2.75, 3.05) is 0 Å². The summed E-state index contributed by atoms with van der Waals surface area (Å²) in [6.45, 7) is 2.20. The number of halogens is 2. The van der Waals surface area contributed by atoms with E-state index >= 15 is 0 Å². The summed E-state index contributed by atoms with van der Waals surface area (Å²) in [5.74, 6) is 0.672. The monoisotopic (exact) mass is 246 g/mol. The van der Waals surface area contributed by atoms with Crippen LogP contribution in [0.4, 0.5) is 0 Å². The predicted molar refractivity (Wildman–Crippen MR) is 63.3 cm³/mol. The lowest BCUT2D eigenvalue weighted by Crippen LogP contribution is -2.37. The third-order valence-corrected chi connectivity index (χ3v) is 4.55. The molecule has 0 radical (unpaired) electrons. The third-order valence-electron chi connectivity index (χ3n) is 3.60. The third kappa shape index (κ3) is 2.09. The van der Waals surface area contributed by atoms with E-state index in [2.05, 4.69) is 13.0 Å². The van der Waals surface area contributed by atoms with Gasteiger partial charge in [-0.1, -0.05) is 41.8 Å². The number of carbonyl (C=O) groups is 1. The molecule has 0 amide bonds. The van der Waals surface area contributed by atoms with Crippen molar-refractivity contribution in [1.29, 1.82) is 0 Å². The summed E-state index contributed by atoms with van der Waals surface area (Å²) in [7, 11) is 0. The minimum absolute atomic E-state index is 0.00353. The number of allylic oxidation sites excluding steroid dienone is 2. The molecule has 15 heavy (non-hydrogen) atoms. The van der Waals surface area contributed by atoms with Gasteiger partial charge in [-0.05, 0) is 31.6 Å². The Morgan fingerprint density at radius 3 is 2.87 bits per heavy atom. The fourth-order valence-electron chi connectivity index (χ4n) is 2.63. The smallest absolute Gasteiger partial charge is 0.182 e. The Bertz CT molecular complexity index is 307. The molecular formula is C12H16Cl2O. The molecule has 0 aromatic rings. The average molecular weight is 247 g/mol. The van der Waals surface area contributed by atoms with E-state index in [9.17, 15) is 4.79 Å². The minimum Gasteiger partial charge on any atom is -0.296 e. The Morgan fingerprint density at radius 2 is 2.13 bits per heavy atom. The summed E-state index contributed by atoms with van der Waals surface area (Å²) >= 11 is 12.5. The summed E-state index contributed by atoms with van der Waals surface area (Å²) in [6.07, 6.45) is 6.67. The van der Waals surface area contributed by atoms with Crippen molar-refractivity contribution in [2.45, 2.75) is 43.4 Å². The first-order chi connectivity index (χ1) is 7.01. The van der Waals surface area contributed by atoms with E-state index in [0.29, 0.717) is 12.3 Å². The van der Waals surface area contributed by atoms with Crippen LogP contribution < -0.4 is 0 Å². The SMILES string of the molecule is CC1CCC2=CCCC(=O)C(Cl)(Cl)C2C1. The molecule has 2 aliphatic carbocycles. The Morgan fingerprint density at radius 1 is 1.40 bits per heavy atom. The van der Waals surface area contributed by atoms with E-state index in [1.165, 1.54) is 12.0 Å². The first-order valence-electron chi connectivity index (χ1n) is 5.62. The van der Waals surface area contributed by atoms with Gasteiger partial charge in [0, 0.05) is 12.3 Å². The van der Waals surface area contributed by atoms with Gasteiger partial charge in [-0.15, -0.1) is 0 Å². The number of hydrogen-bond acceptors (Lipinski definition) is 1. The van der Waals surface area contributed by atoms with Gasteiger partial charge < -0.3 is 0 Å². The number of carbonyl (C=O) groups excluding carboxylic acids is 1. The van der Waals surface area contributed by atoms with E-state index in [4.69, 9.17) is 23.2 Å². The summed E-state index contributed by atoms with van der Waals surface area (Å²) in [5, 5.41) is 0. The van der Waals surface area contributed by atoms with Crippen LogP contribution in [0.2, 0.25) is 0 Å². The second kappa shape index (κ2) is 4.10. The molecule has 2 aliphatic rings. The number of rotatable bonds is 0. The van der Waals surface area contributed by atoms with Gasteiger partial charge in [0.15, 0.2) is 10.1 Å². The maximum Gasteiger partial charge on any atom is 0.182 e. The van der Waals surface area contributed by atoms with E-state index in [1.54, 1.807) is 0 Å². The summed E-state index contributed by atoms with van der Waals surface area (Å²) in [5.41, 5.74) is 1.31. The van der Waals surface area contributed by atoms with Gasteiger partial charge in [-0.3, -0.25) is 4.79 Å². The highest BCUT2D eigenvalue weighted by Gasteiger charge is 2.46. The number of fused-ring (bicyclic) bond motifs is 1. The number of Topliss-reactive ketones (excluding diaryl/α,β-unsaturated/α-hetero) is 1. The lowest BCUT2D eigenvalue weighted by molar-refractivity contribution is -0.120. The zero-order valence-corrected chi connectivity index (χ0v) is 10.4. The highest BCUT2D eigenvalue weighted by atomic mass is 35.5. The average Bonchev–Trinajstić information content (AvgIpc) is 2.28. The number of alkyl halides is 2. The van der Waals surface area contributed by atoms with Crippen LogP contribution in [0.1, 0.15) is 39.0 Å². The Kier molecular flexibility index (Phi) is 3.14. The van der Waals surface area contributed by atoms with Crippen molar-refractivity contribution in [2.24, 2.45) is 11.8 Å². The highest BCUT2D eigenvalue weighted by molar-refractivity contribution is 6.58. The molecule has 0 bridgehead atoms. The largest absolute Gasteiger partial charge is 0.296 e. The lowest BCUT2D eigenvalue weighted by atomic mass is 9.76. The van der Waals surface area contributed by atoms with Crippen molar-refractivity contribution in [3.8, 4) is 0 Å². The Labute approximate surface area is 101 Å². The normalized spacial score (nSPS) is 35.4. The minimum atomic E-state index is -1.17. The number of ketones is 1. The molecule has 0 N–H and O–H groups in total. The van der Waals surface area contributed by atoms with E-state index in [1.807, 2.05) is 0 Å². The van der Waals surface area contributed by atoms with Crippen molar-refractivity contribution >= 4 is 29.0 Å². The van der Waals surface area contributed by atoms with Gasteiger partial charge in [-0.25, -0.2) is 0 Å². The van der Waals surface area contributed by atoms with Gasteiger partial charge in [-0.2, -0.15) is 0 Å². The second-order valence-corrected chi connectivity index (χ2v) is 6.18. The Hall–Kier alpha value is -0.0100. The van der Waals surface area contributed by atoms with Gasteiger partial charge in [0.2, 0.25) is 0 Å². The molecule has 1 saturated carbocycles. The first kappa shape index (κ1) is 11.5. The molecule has 2 rings (SSSR count). The summed E-state index contributed by atoms with van der Waals surface area (Å²) in [6, 6.07) is 0. The molecule has 0 aromatic carbocycles. The van der Waals surface area contributed by atoms with Crippen LogP contribution in [0.3, 0.4) is 0 Å². The van der Waals surface area contributed by atoms with E-state index < -0.39 is 4.33 Å². The van der Waals surface area contributed by atoms with E-state index in [0.717, 1.165) is 19.3 Å². The number of hydrogen-bond donors (Lipinski definition) is 0. The van der Waals surface area contributed by atoms with Gasteiger partial charge in [0.25, 0.3) is 0 Å². The van der Waals surface area contributed by atoms with Crippen LogP contribution in [0.15, 0.2) is 11.6 Å². The second-order valence-electron chi connectivity index (χ2n) is 4.80. The van der Waals surface area contributed by atoms with Crippen molar-refractivity contribution in [3.05, 3.63) is 11.6 Å². The molecule has 1 fully saturated rings. The lowest BCUT2D eigenvalue weighted by Gasteiger charge is -2.35. The molecule has 0 heterocycles. The summed E-state index contributed by atoms with van der Waals surface area (Å²) < 4.78 is -1.17. The molecule has 0 aliphatic heterocycles.